The van der Waals surface area contributed by atoms with Gasteiger partial charge in [0.25, 0.3) is 5.91 Å². The highest BCUT2D eigenvalue weighted by Crippen LogP contribution is 2.38. The van der Waals surface area contributed by atoms with Crippen LogP contribution in [0.3, 0.4) is 0 Å². The lowest BCUT2D eigenvalue weighted by Gasteiger charge is -2.25. The van der Waals surface area contributed by atoms with Crippen molar-refractivity contribution in [3.63, 3.8) is 0 Å². The molecule has 5 rings (SSSR count). The molecule has 28 heavy (non-hydrogen) atoms. The first-order valence-corrected chi connectivity index (χ1v) is 9.78. The van der Waals surface area contributed by atoms with Crippen molar-refractivity contribution in [1.29, 1.82) is 0 Å². The summed E-state index contributed by atoms with van der Waals surface area (Å²) < 4.78 is 7.50. The Hall–Kier alpha value is -2.93. The number of nitrogens with one attached hydrogen (secondary N) is 1. The van der Waals surface area contributed by atoms with Gasteiger partial charge in [-0.1, -0.05) is 30.3 Å². The number of carbonyl (C=O) groups excluding carboxylic acids is 1. The van der Waals surface area contributed by atoms with E-state index in [1.54, 1.807) is 6.26 Å². The Balaban J connectivity index is 1.28. The van der Waals surface area contributed by atoms with Crippen molar-refractivity contribution in [2.45, 2.75) is 32.0 Å². The van der Waals surface area contributed by atoms with Gasteiger partial charge < -0.3 is 14.3 Å². The van der Waals surface area contributed by atoms with E-state index in [0.717, 1.165) is 49.7 Å². The fourth-order valence-corrected chi connectivity index (χ4v) is 4.43. The van der Waals surface area contributed by atoms with Crippen LogP contribution in [0.2, 0.25) is 0 Å². The lowest BCUT2D eigenvalue weighted by molar-refractivity contribution is 0.0933. The van der Waals surface area contributed by atoms with Gasteiger partial charge in [-0.05, 0) is 30.0 Å². The minimum atomic E-state index is -0.161. The summed E-state index contributed by atoms with van der Waals surface area (Å²) in [6.07, 6.45) is 2.76. The number of nitrogens with zero attached hydrogens (tertiary/aromatic N) is 4. The molecule has 2 atom stereocenters. The molecule has 1 fully saturated rings. The molecule has 1 aromatic carbocycles. The molecule has 1 saturated heterocycles. The van der Waals surface area contributed by atoms with Gasteiger partial charge in [0.1, 0.15) is 11.6 Å². The van der Waals surface area contributed by atoms with Crippen LogP contribution < -0.4 is 5.32 Å². The van der Waals surface area contributed by atoms with Crippen LogP contribution in [-0.4, -0.2) is 38.7 Å². The molecule has 0 bridgehead atoms. The Bertz CT molecular complexity index is 951. The van der Waals surface area contributed by atoms with E-state index in [1.165, 1.54) is 0 Å². The molecule has 0 spiro atoms. The van der Waals surface area contributed by atoms with Crippen molar-refractivity contribution in [3.05, 3.63) is 71.7 Å². The first kappa shape index (κ1) is 17.2. The molecule has 0 aliphatic carbocycles. The second kappa shape index (κ2) is 7.24. The zero-order chi connectivity index (χ0) is 18.9. The van der Waals surface area contributed by atoms with Gasteiger partial charge in [0.15, 0.2) is 0 Å². The van der Waals surface area contributed by atoms with Crippen LogP contribution in [0, 0.1) is 5.92 Å². The van der Waals surface area contributed by atoms with Crippen LogP contribution in [0.25, 0.3) is 0 Å². The summed E-state index contributed by atoms with van der Waals surface area (Å²) in [5.41, 5.74) is 1.07. The third kappa shape index (κ3) is 3.22. The molecule has 0 radical (unpaired) electrons. The number of hydrogen-bond acceptors (Lipinski definition) is 5. The van der Waals surface area contributed by atoms with Crippen LogP contribution in [-0.2, 0) is 19.6 Å². The van der Waals surface area contributed by atoms with Crippen LogP contribution in [0.5, 0.6) is 0 Å². The van der Waals surface area contributed by atoms with Crippen LogP contribution in [0.1, 0.15) is 40.1 Å². The summed E-state index contributed by atoms with van der Waals surface area (Å²) in [6, 6.07) is 13.8. The van der Waals surface area contributed by atoms with Crippen LogP contribution in [0.15, 0.2) is 53.1 Å². The van der Waals surface area contributed by atoms with Gasteiger partial charge in [-0.2, -0.15) is 0 Å². The fraction of sp³-hybridized carbons (Fsp3) is 0.381. The number of carbonyl (C=O) groups is 1. The maximum absolute atomic E-state index is 12.7. The zero-order valence-electron chi connectivity index (χ0n) is 15.6. The maximum Gasteiger partial charge on any atom is 0.289 e. The number of benzene rings is 1. The molecule has 144 valence electrons. The number of hydrogen-bond donors (Lipinski definition) is 1. The maximum atomic E-state index is 12.7. The lowest BCUT2D eigenvalue weighted by atomic mass is 9.89. The molecule has 2 aromatic heterocycles. The number of furan rings is 1. The topological polar surface area (TPSA) is 76.2 Å². The van der Waals surface area contributed by atoms with E-state index in [-0.39, 0.29) is 5.91 Å². The quantitative estimate of drug-likeness (QED) is 0.739. The molecule has 0 unspecified atom stereocenters. The van der Waals surface area contributed by atoms with E-state index in [2.05, 4.69) is 20.4 Å². The van der Waals surface area contributed by atoms with E-state index < -0.39 is 0 Å². The average molecular weight is 377 g/mol. The van der Waals surface area contributed by atoms with Crippen LogP contribution in [0.4, 0.5) is 0 Å². The average Bonchev–Trinajstić information content (AvgIpc) is 3.45. The molecule has 1 N–H and O–H groups in total. The summed E-state index contributed by atoms with van der Waals surface area (Å²) in [6.45, 7) is 4.07. The summed E-state index contributed by atoms with van der Waals surface area (Å²) in [7, 11) is 0. The minimum Gasteiger partial charge on any atom is -0.468 e. The third-order valence-electron chi connectivity index (χ3n) is 5.81. The Morgan fingerprint density at radius 2 is 2.04 bits per heavy atom. The number of rotatable bonds is 5. The second-order valence-electron chi connectivity index (χ2n) is 7.63. The van der Waals surface area contributed by atoms with Crippen molar-refractivity contribution in [2.75, 3.05) is 13.1 Å². The van der Waals surface area contributed by atoms with Gasteiger partial charge in [0, 0.05) is 32.1 Å². The highest BCUT2D eigenvalue weighted by molar-refractivity contribution is 5.90. The number of amides is 1. The van der Waals surface area contributed by atoms with E-state index in [4.69, 9.17) is 4.42 Å². The summed E-state index contributed by atoms with van der Waals surface area (Å²) in [5, 5.41) is 11.6. The molecule has 2 aliphatic rings. The number of aromatic nitrogens is 3. The predicted molar refractivity (Wildman–Crippen MR) is 102 cm³/mol. The Morgan fingerprint density at radius 3 is 2.86 bits per heavy atom. The van der Waals surface area contributed by atoms with E-state index >= 15 is 0 Å². The number of fused-ring (bicyclic) bond motifs is 3. The van der Waals surface area contributed by atoms with Crippen molar-refractivity contribution in [1.82, 2.24) is 25.0 Å². The first-order valence-electron chi connectivity index (χ1n) is 9.78. The second-order valence-corrected chi connectivity index (χ2v) is 7.63. The normalized spacial score (nSPS) is 21.3. The largest absolute Gasteiger partial charge is 0.468 e. The summed E-state index contributed by atoms with van der Waals surface area (Å²) in [5.74, 6) is 3.09. The van der Waals surface area contributed by atoms with Crippen molar-refractivity contribution < 1.29 is 9.21 Å². The molecule has 7 heteroatoms. The predicted octanol–water partition coefficient (Wildman–Crippen LogP) is 2.42. The van der Waals surface area contributed by atoms with E-state index in [9.17, 15) is 4.79 Å². The highest BCUT2D eigenvalue weighted by Gasteiger charge is 2.40. The number of likely N-dealkylation sites (tertiary alicyclic amines) is 1. The highest BCUT2D eigenvalue weighted by atomic mass is 16.3. The molecule has 1 amide bonds. The summed E-state index contributed by atoms with van der Waals surface area (Å²) >= 11 is 0. The summed E-state index contributed by atoms with van der Waals surface area (Å²) in [4.78, 5) is 15.1. The van der Waals surface area contributed by atoms with Gasteiger partial charge in [-0.15, -0.1) is 10.2 Å². The lowest BCUT2D eigenvalue weighted by Crippen LogP contribution is -2.30. The van der Waals surface area contributed by atoms with E-state index in [1.807, 2.05) is 47.0 Å². The molecule has 0 saturated carbocycles. The van der Waals surface area contributed by atoms with Gasteiger partial charge >= 0.3 is 0 Å². The van der Waals surface area contributed by atoms with Crippen molar-refractivity contribution in [3.8, 4) is 0 Å². The van der Waals surface area contributed by atoms with Gasteiger partial charge in [0.2, 0.25) is 5.82 Å². The standard InChI is InChI=1S/C21H23N5O2/c27-21(22-11-15-5-2-1-3-6-15)20-24-23-19-18-14-25(13-17-7-4-10-28-17)12-16(18)8-9-26(19)20/h1-7,10,16,18H,8-9,11-14H2,(H,22,27)/t16-,18+/m0/s1. The minimum absolute atomic E-state index is 0.161. The molecular weight excluding hydrogens is 354 g/mol. The first-order chi connectivity index (χ1) is 13.8. The zero-order valence-corrected chi connectivity index (χ0v) is 15.6. The molecule has 2 aliphatic heterocycles. The van der Waals surface area contributed by atoms with Crippen molar-refractivity contribution >= 4 is 5.91 Å². The molecule has 3 aromatic rings. The van der Waals surface area contributed by atoms with Gasteiger partial charge in [0.05, 0.1) is 12.8 Å². The molecular formula is C21H23N5O2. The Labute approximate surface area is 163 Å². The fourth-order valence-electron chi connectivity index (χ4n) is 4.43. The Morgan fingerprint density at radius 1 is 1.14 bits per heavy atom. The third-order valence-corrected chi connectivity index (χ3v) is 5.81. The van der Waals surface area contributed by atoms with Crippen LogP contribution >= 0.6 is 0 Å². The van der Waals surface area contributed by atoms with Gasteiger partial charge in [-0.3, -0.25) is 9.69 Å². The molecule has 7 nitrogen and oxygen atoms in total. The Kier molecular flexibility index (Phi) is 4.44. The molecule has 4 heterocycles. The monoisotopic (exact) mass is 377 g/mol. The smallest absolute Gasteiger partial charge is 0.289 e. The SMILES string of the molecule is O=C(NCc1ccccc1)c1nnc2n1CC[C@H]1CN(Cc3ccco3)C[C@@H]21. The van der Waals surface area contributed by atoms with Gasteiger partial charge in [-0.25, -0.2) is 0 Å². The van der Waals surface area contributed by atoms with E-state index in [0.29, 0.717) is 24.2 Å². The van der Waals surface area contributed by atoms with Crippen molar-refractivity contribution in [2.24, 2.45) is 5.92 Å².